The molecule has 2 N–H and O–H groups in total. The van der Waals surface area contributed by atoms with E-state index in [1.807, 2.05) is 6.92 Å². The molecule has 5 nitrogen and oxygen atoms in total. The second kappa shape index (κ2) is 4.41. The van der Waals surface area contributed by atoms with Gasteiger partial charge in [-0.25, -0.2) is 0 Å². The molecule has 3 unspecified atom stereocenters. The molecule has 2 saturated heterocycles. The zero-order valence-corrected chi connectivity index (χ0v) is 9.48. The number of hydrogen-bond donors (Lipinski definition) is 2. The lowest BCUT2D eigenvalue weighted by Crippen LogP contribution is -2.42. The van der Waals surface area contributed by atoms with Crippen LogP contribution in [0.4, 0.5) is 0 Å². The number of nitrogens with zero attached hydrogens (tertiary/aromatic N) is 1. The highest BCUT2D eigenvalue weighted by Gasteiger charge is 2.39. The summed E-state index contributed by atoms with van der Waals surface area (Å²) in [5.74, 6) is -1.05. The highest BCUT2D eigenvalue weighted by molar-refractivity contribution is 5.83. The van der Waals surface area contributed by atoms with Gasteiger partial charge in [-0.3, -0.25) is 9.59 Å². The zero-order valence-electron chi connectivity index (χ0n) is 9.48. The molecule has 2 aliphatic heterocycles. The van der Waals surface area contributed by atoms with E-state index < -0.39 is 11.9 Å². The first kappa shape index (κ1) is 11.4. The van der Waals surface area contributed by atoms with Crippen LogP contribution in [0.3, 0.4) is 0 Å². The Bertz CT molecular complexity index is 300. The standard InChI is InChI=1S/C11H18N2O3/c1-7-5-13(6-8(7)11(15)16)10(14)9-3-2-4-12-9/h7-9,12H,2-6H2,1H3,(H,15,16). The summed E-state index contributed by atoms with van der Waals surface area (Å²) in [5, 5.41) is 12.1. The van der Waals surface area contributed by atoms with Gasteiger partial charge in [0.2, 0.25) is 5.91 Å². The molecule has 0 spiro atoms. The summed E-state index contributed by atoms with van der Waals surface area (Å²) < 4.78 is 0. The van der Waals surface area contributed by atoms with Crippen LogP contribution in [0.5, 0.6) is 0 Å². The molecule has 1 amide bonds. The Hall–Kier alpha value is -1.10. The number of carboxylic acid groups (broad SMARTS) is 1. The molecule has 0 radical (unpaired) electrons. The molecule has 90 valence electrons. The van der Waals surface area contributed by atoms with Crippen molar-refractivity contribution in [2.24, 2.45) is 11.8 Å². The van der Waals surface area contributed by atoms with Gasteiger partial charge in [-0.1, -0.05) is 6.92 Å². The van der Waals surface area contributed by atoms with E-state index in [0.29, 0.717) is 13.1 Å². The Morgan fingerprint density at radius 1 is 1.38 bits per heavy atom. The predicted molar refractivity (Wildman–Crippen MR) is 57.9 cm³/mol. The summed E-state index contributed by atoms with van der Waals surface area (Å²) in [5.41, 5.74) is 0. The number of likely N-dealkylation sites (tertiary alicyclic amines) is 1. The van der Waals surface area contributed by atoms with Crippen LogP contribution in [-0.2, 0) is 9.59 Å². The van der Waals surface area contributed by atoms with Gasteiger partial charge in [0.1, 0.15) is 0 Å². The quantitative estimate of drug-likeness (QED) is 0.691. The van der Waals surface area contributed by atoms with Gasteiger partial charge >= 0.3 is 5.97 Å². The Balaban J connectivity index is 1.96. The van der Waals surface area contributed by atoms with Crippen LogP contribution < -0.4 is 5.32 Å². The average Bonchev–Trinajstić information content (AvgIpc) is 2.84. The van der Waals surface area contributed by atoms with Gasteiger partial charge in [0.15, 0.2) is 0 Å². The van der Waals surface area contributed by atoms with Gasteiger partial charge in [0.25, 0.3) is 0 Å². The molecular weight excluding hydrogens is 208 g/mol. The van der Waals surface area contributed by atoms with E-state index in [1.54, 1.807) is 4.90 Å². The molecule has 5 heteroatoms. The number of carboxylic acids is 1. The average molecular weight is 226 g/mol. The van der Waals surface area contributed by atoms with Crippen molar-refractivity contribution >= 4 is 11.9 Å². The molecule has 16 heavy (non-hydrogen) atoms. The summed E-state index contributed by atoms with van der Waals surface area (Å²) in [7, 11) is 0. The minimum atomic E-state index is -0.790. The molecule has 0 aromatic heterocycles. The van der Waals surface area contributed by atoms with Crippen LogP contribution in [0.2, 0.25) is 0 Å². The van der Waals surface area contributed by atoms with Crippen LogP contribution in [0.25, 0.3) is 0 Å². The highest BCUT2D eigenvalue weighted by atomic mass is 16.4. The maximum atomic E-state index is 12.0. The molecule has 2 heterocycles. The van der Waals surface area contributed by atoms with Crippen LogP contribution in [0.1, 0.15) is 19.8 Å². The van der Waals surface area contributed by atoms with Crippen molar-refractivity contribution in [1.29, 1.82) is 0 Å². The van der Waals surface area contributed by atoms with Crippen molar-refractivity contribution in [3.05, 3.63) is 0 Å². The van der Waals surface area contributed by atoms with E-state index in [-0.39, 0.29) is 17.9 Å². The van der Waals surface area contributed by atoms with Crippen LogP contribution >= 0.6 is 0 Å². The fourth-order valence-electron chi connectivity index (χ4n) is 2.58. The number of nitrogens with one attached hydrogen (secondary N) is 1. The number of aliphatic carboxylic acids is 1. The van der Waals surface area contributed by atoms with E-state index in [4.69, 9.17) is 5.11 Å². The minimum Gasteiger partial charge on any atom is -0.481 e. The molecule has 0 bridgehead atoms. The highest BCUT2D eigenvalue weighted by Crippen LogP contribution is 2.24. The van der Waals surface area contributed by atoms with Crippen LogP contribution in [0, 0.1) is 11.8 Å². The molecule has 0 aromatic carbocycles. The SMILES string of the molecule is CC1CN(C(=O)C2CCCN2)CC1C(=O)O. The van der Waals surface area contributed by atoms with Crippen molar-refractivity contribution in [3.8, 4) is 0 Å². The lowest BCUT2D eigenvalue weighted by atomic mass is 9.99. The minimum absolute atomic E-state index is 0.0582. The number of rotatable bonds is 2. The van der Waals surface area contributed by atoms with Gasteiger partial charge in [-0.2, -0.15) is 0 Å². The smallest absolute Gasteiger partial charge is 0.308 e. The van der Waals surface area contributed by atoms with E-state index in [9.17, 15) is 9.59 Å². The van der Waals surface area contributed by atoms with Crippen LogP contribution in [0.15, 0.2) is 0 Å². The van der Waals surface area contributed by atoms with Crippen molar-refractivity contribution in [3.63, 3.8) is 0 Å². The number of carbonyl (C=O) groups is 2. The maximum absolute atomic E-state index is 12.0. The van der Waals surface area contributed by atoms with E-state index in [0.717, 1.165) is 19.4 Å². The Labute approximate surface area is 94.8 Å². The van der Waals surface area contributed by atoms with Gasteiger partial charge in [-0.15, -0.1) is 0 Å². The summed E-state index contributed by atoms with van der Waals surface area (Å²) in [4.78, 5) is 24.7. The van der Waals surface area contributed by atoms with Crippen molar-refractivity contribution in [2.45, 2.75) is 25.8 Å². The summed E-state index contributed by atoms with van der Waals surface area (Å²) >= 11 is 0. The van der Waals surface area contributed by atoms with Crippen molar-refractivity contribution < 1.29 is 14.7 Å². The Kier molecular flexibility index (Phi) is 3.14. The molecule has 2 rings (SSSR count). The molecule has 2 aliphatic rings. The summed E-state index contributed by atoms with van der Waals surface area (Å²) in [6, 6.07) is -0.0836. The zero-order chi connectivity index (χ0) is 11.7. The fraction of sp³-hybridized carbons (Fsp3) is 0.818. The maximum Gasteiger partial charge on any atom is 0.308 e. The molecular formula is C11H18N2O3. The second-order valence-corrected chi connectivity index (χ2v) is 4.81. The Morgan fingerprint density at radius 2 is 2.12 bits per heavy atom. The normalized spacial score (nSPS) is 34.3. The molecule has 3 atom stereocenters. The number of carbonyl (C=O) groups excluding carboxylic acids is 1. The topological polar surface area (TPSA) is 69.6 Å². The number of amides is 1. The first-order valence-corrected chi connectivity index (χ1v) is 5.84. The van der Waals surface area contributed by atoms with Crippen LogP contribution in [-0.4, -0.2) is 47.6 Å². The lowest BCUT2D eigenvalue weighted by Gasteiger charge is -2.20. The lowest BCUT2D eigenvalue weighted by molar-refractivity contribution is -0.142. The largest absolute Gasteiger partial charge is 0.481 e. The number of hydrogen-bond acceptors (Lipinski definition) is 3. The first-order valence-electron chi connectivity index (χ1n) is 5.84. The molecule has 0 aliphatic carbocycles. The first-order chi connectivity index (χ1) is 7.59. The second-order valence-electron chi connectivity index (χ2n) is 4.81. The van der Waals surface area contributed by atoms with Crippen molar-refractivity contribution in [2.75, 3.05) is 19.6 Å². The summed E-state index contributed by atoms with van der Waals surface area (Å²) in [6.45, 7) is 3.73. The van der Waals surface area contributed by atoms with Crippen molar-refractivity contribution in [1.82, 2.24) is 10.2 Å². The monoisotopic (exact) mass is 226 g/mol. The third-order valence-corrected chi connectivity index (χ3v) is 3.60. The molecule has 0 aromatic rings. The third kappa shape index (κ3) is 2.04. The van der Waals surface area contributed by atoms with E-state index >= 15 is 0 Å². The summed E-state index contributed by atoms with van der Waals surface area (Å²) in [6.07, 6.45) is 1.91. The van der Waals surface area contributed by atoms with Gasteiger partial charge in [0.05, 0.1) is 12.0 Å². The van der Waals surface area contributed by atoms with Gasteiger partial charge < -0.3 is 15.3 Å². The predicted octanol–water partition coefficient (Wildman–Crippen LogP) is -0.0825. The fourth-order valence-corrected chi connectivity index (χ4v) is 2.58. The Morgan fingerprint density at radius 3 is 2.62 bits per heavy atom. The molecule has 0 saturated carbocycles. The van der Waals surface area contributed by atoms with Gasteiger partial charge in [-0.05, 0) is 25.3 Å². The van der Waals surface area contributed by atoms with E-state index in [1.165, 1.54) is 0 Å². The van der Waals surface area contributed by atoms with E-state index in [2.05, 4.69) is 5.32 Å². The van der Waals surface area contributed by atoms with Gasteiger partial charge in [0, 0.05) is 13.1 Å². The third-order valence-electron chi connectivity index (χ3n) is 3.60. The molecule has 2 fully saturated rings.